The first-order valence-corrected chi connectivity index (χ1v) is 16.2. The molecule has 5 atom stereocenters. The molecule has 10 heteroatoms. The Labute approximate surface area is 268 Å². The molecule has 10 nitrogen and oxygen atoms in total. The average molecular weight is 629 g/mol. The number of carbonyl (C=O) groups is 1. The summed E-state index contributed by atoms with van der Waals surface area (Å²) in [5, 5.41) is 30.1. The molecule has 3 aromatic rings. The lowest BCUT2D eigenvalue weighted by molar-refractivity contribution is -0.260. The number of aromatic nitrogens is 4. The van der Waals surface area contributed by atoms with Gasteiger partial charge in [-0.25, -0.2) is 4.98 Å². The summed E-state index contributed by atoms with van der Waals surface area (Å²) in [6.07, 6.45) is 2.03. The summed E-state index contributed by atoms with van der Waals surface area (Å²) in [4.78, 5) is 28.8. The van der Waals surface area contributed by atoms with Gasteiger partial charge in [0.1, 0.15) is 18.5 Å². The molecule has 244 valence electrons. The number of aromatic amines is 2. The van der Waals surface area contributed by atoms with Crippen LogP contribution in [-0.4, -0.2) is 72.8 Å². The van der Waals surface area contributed by atoms with Gasteiger partial charge in [-0.3, -0.25) is 4.98 Å². The van der Waals surface area contributed by atoms with E-state index < -0.39 is 31.2 Å². The fraction of sp³-hybridized carbons (Fsp3) is 0.472. The van der Waals surface area contributed by atoms with Crippen molar-refractivity contribution in [1.29, 1.82) is 0 Å². The number of rotatable bonds is 8. The molecule has 3 aromatic heterocycles. The molecule has 1 saturated heterocycles. The fourth-order valence-electron chi connectivity index (χ4n) is 6.96. The van der Waals surface area contributed by atoms with E-state index in [0.29, 0.717) is 6.42 Å². The summed E-state index contributed by atoms with van der Waals surface area (Å²) in [7, 11) is 0. The van der Waals surface area contributed by atoms with Gasteiger partial charge >= 0.3 is 0 Å². The molecule has 6 rings (SSSR count). The minimum absolute atomic E-state index is 0.0954. The van der Waals surface area contributed by atoms with Crippen molar-refractivity contribution in [1.82, 2.24) is 19.9 Å². The first kappa shape index (κ1) is 32.3. The zero-order valence-corrected chi connectivity index (χ0v) is 27.2. The van der Waals surface area contributed by atoms with E-state index >= 15 is 0 Å². The van der Waals surface area contributed by atoms with E-state index in [1.165, 1.54) is 5.56 Å². The number of aryl methyl sites for hydroxylation is 3. The molecule has 0 radical (unpaired) electrons. The predicted octanol–water partition coefficient (Wildman–Crippen LogP) is 5.01. The van der Waals surface area contributed by atoms with Crippen molar-refractivity contribution in [3.63, 3.8) is 0 Å². The van der Waals surface area contributed by atoms with Crippen LogP contribution in [-0.2, 0) is 33.7 Å². The number of ether oxygens (including phenoxy) is 2. The minimum atomic E-state index is -1.17. The maximum atomic E-state index is 11.3. The number of nitrogens with zero attached hydrogens (tertiary/aromatic N) is 2. The molecular weight excluding hydrogens is 584 g/mol. The summed E-state index contributed by atoms with van der Waals surface area (Å²) < 4.78 is 11.9. The predicted molar refractivity (Wildman–Crippen MR) is 177 cm³/mol. The number of nitrogens with one attached hydrogen (secondary N) is 2. The molecule has 5 N–H and O–H groups in total. The van der Waals surface area contributed by atoms with E-state index in [-0.39, 0.29) is 18.9 Å². The average Bonchev–Trinajstić information content (AvgIpc) is 3.77. The molecule has 6 heterocycles. The summed E-state index contributed by atoms with van der Waals surface area (Å²) in [6.45, 7) is 10.2. The molecule has 0 saturated carbocycles. The van der Waals surface area contributed by atoms with Crippen molar-refractivity contribution in [2.45, 2.75) is 104 Å². The van der Waals surface area contributed by atoms with Crippen LogP contribution < -0.4 is 0 Å². The van der Waals surface area contributed by atoms with Gasteiger partial charge in [-0.2, -0.15) is 0 Å². The second-order valence-electron chi connectivity index (χ2n) is 12.8. The number of aliphatic hydroxyl groups excluding tert-OH is 3. The van der Waals surface area contributed by atoms with Crippen LogP contribution in [0.1, 0.15) is 89.6 Å². The van der Waals surface area contributed by atoms with Gasteiger partial charge in [0.25, 0.3) is 0 Å². The highest BCUT2D eigenvalue weighted by atomic mass is 16.7. The maximum Gasteiger partial charge on any atom is 0.161 e. The normalized spacial score (nSPS) is 23.0. The summed E-state index contributed by atoms with van der Waals surface area (Å²) in [5.74, 6) is 0.116. The first-order valence-electron chi connectivity index (χ1n) is 16.2. The Hall–Kier alpha value is -3.67. The van der Waals surface area contributed by atoms with Gasteiger partial charge in [0.05, 0.1) is 30.7 Å². The van der Waals surface area contributed by atoms with Crippen LogP contribution in [0.15, 0.2) is 18.2 Å². The van der Waals surface area contributed by atoms with Crippen LogP contribution in [0.4, 0.5) is 0 Å². The van der Waals surface area contributed by atoms with Crippen LogP contribution in [0.25, 0.3) is 33.7 Å². The Kier molecular flexibility index (Phi) is 9.27. The van der Waals surface area contributed by atoms with E-state index in [9.17, 15) is 20.1 Å². The molecule has 1 fully saturated rings. The lowest BCUT2D eigenvalue weighted by Crippen LogP contribution is -2.50. The van der Waals surface area contributed by atoms with Gasteiger partial charge in [-0.05, 0) is 99.1 Å². The number of fused-ring (bicyclic) bond motifs is 8. The smallest absolute Gasteiger partial charge is 0.161 e. The van der Waals surface area contributed by atoms with Gasteiger partial charge in [0.15, 0.2) is 6.29 Å². The van der Waals surface area contributed by atoms with Crippen LogP contribution in [0.5, 0.6) is 0 Å². The highest BCUT2D eigenvalue weighted by Crippen LogP contribution is 2.35. The third-order valence-electron chi connectivity index (χ3n) is 9.77. The standard InChI is InChI=1S/C36H44N4O6/c1-6-24-19(3)29-14-31-25(17-45-34-15-32(43)36(44)33(16-42)46-34)20(4)28(39-31)12-23-11-22(8-7-9-41)35(37-23)21(5)27-10-18(2)26(38-27)13-30(24)40-29/h9-10,12-14,22,32-34,36,39-40,42-44H,6-8,11,15-17H2,1-5H3/t22-,32?,33?,34?,36-/m0/s1. The van der Waals surface area contributed by atoms with Gasteiger partial charge in [-0.1, -0.05) is 6.92 Å². The van der Waals surface area contributed by atoms with Crippen LogP contribution >= 0.6 is 0 Å². The quantitative estimate of drug-likeness (QED) is 0.218. The van der Waals surface area contributed by atoms with Crippen molar-refractivity contribution in [3.05, 3.63) is 68.8 Å². The van der Waals surface area contributed by atoms with Crippen molar-refractivity contribution >= 4 is 40.0 Å². The Morgan fingerprint density at radius 2 is 1.70 bits per heavy atom. The number of allylic oxidation sites excluding steroid dienone is 1. The van der Waals surface area contributed by atoms with E-state index in [1.807, 2.05) is 6.92 Å². The van der Waals surface area contributed by atoms with Gasteiger partial charge < -0.3 is 39.6 Å². The Morgan fingerprint density at radius 1 is 0.978 bits per heavy atom. The Balaban J connectivity index is 1.55. The molecule has 3 aliphatic rings. The molecule has 8 bridgehead atoms. The molecular formula is C36H44N4O6. The third-order valence-corrected chi connectivity index (χ3v) is 9.77. The third kappa shape index (κ3) is 6.08. The van der Waals surface area contributed by atoms with Gasteiger partial charge in [0.2, 0.25) is 0 Å². The molecule has 3 aliphatic heterocycles. The van der Waals surface area contributed by atoms with Crippen molar-refractivity contribution in [2.75, 3.05) is 6.61 Å². The number of carbonyl (C=O) groups excluding carboxylic acids is 1. The van der Waals surface area contributed by atoms with Crippen molar-refractivity contribution in [3.8, 4) is 0 Å². The maximum absolute atomic E-state index is 11.3. The number of aldehydes is 1. The summed E-state index contributed by atoms with van der Waals surface area (Å²) in [5.41, 5.74) is 13.9. The first-order chi connectivity index (χ1) is 22.1. The largest absolute Gasteiger partial charge is 0.394 e. The number of hydrogen-bond acceptors (Lipinski definition) is 8. The van der Waals surface area contributed by atoms with Crippen molar-refractivity contribution in [2.24, 2.45) is 0 Å². The second-order valence-corrected chi connectivity index (χ2v) is 12.8. The lowest BCUT2D eigenvalue weighted by atomic mass is 9.94. The molecule has 46 heavy (non-hydrogen) atoms. The second kappa shape index (κ2) is 13.2. The van der Waals surface area contributed by atoms with E-state index in [1.54, 1.807) is 0 Å². The van der Waals surface area contributed by atoms with Gasteiger partial charge in [-0.15, -0.1) is 0 Å². The van der Waals surface area contributed by atoms with Crippen LogP contribution in [0.2, 0.25) is 0 Å². The van der Waals surface area contributed by atoms with E-state index in [0.717, 1.165) is 98.2 Å². The monoisotopic (exact) mass is 628 g/mol. The van der Waals surface area contributed by atoms with Crippen LogP contribution in [0, 0.1) is 20.8 Å². The SMILES string of the molecule is CCc1c(C)c2cc3[nH]c(cc4nc(c(C)c5nc(cc1[nH]2)C(C)=C5)[C@@H](CCC=O)C4)c(C)c3COC1CC(O)[C@H](O)C(CO)O1. The topological polar surface area (TPSA) is 154 Å². The summed E-state index contributed by atoms with van der Waals surface area (Å²) >= 11 is 0. The molecule has 0 spiro atoms. The molecule has 3 unspecified atom stereocenters. The Bertz CT molecular complexity index is 1840. The summed E-state index contributed by atoms with van der Waals surface area (Å²) in [6, 6.07) is 6.32. The zero-order valence-electron chi connectivity index (χ0n) is 27.2. The highest BCUT2D eigenvalue weighted by Gasteiger charge is 2.37. The van der Waals surface area contributed by atoms with E-state index in [4.69, 9.17) is 19.4 Å². The van der Waals surface area contributed by atoms with Gasteiger partial charge in [0, 0.05) is 57.8 Å². The molecule has 0 amide bonds. The lowest BCUT2D eigenvalue weighted by Gasteiger charge is -2.36. The van der Waals surface area contributed by atoms with Crippen LogP contribution in [0.3, 0.4) is 0 Å². The fourth-order valence-corrected chi connectivity index (χ4v) is 6.96. The Morgan fingerprint density at radius 3 is 2.41 bits per heavy atom. The highest BCUT2D eigenvalue weighted by molar-refractivity contribution is 5.85. The zero-order chi connectivity index (χ0) is 32.7. The molecule has 0 aliphatic carbocycles. The van der Waals surface area contributed by atoms with E-state index in [2.05, 4.69) is 61.9 Å². The molecule has 0 aromatic carbocycles. The number of H-pyrrole nitrogens is 2. The number of aliphatic hydroxyl groups is 3. The number of hydrogen-bond donors (Lipinski definition) is 5. The minimum Gasteiger partial charge on any atom is -0.394 e. The van der Waals surface area contributed by atoms with Crippen molar-refractivity contribution < 1.29 is 29.6 Å².